The molecule has 0 unspecified atom stereocenters. The van der Waals surface area contributed by atoms with Crippen molar-refractivity contribution in [2.75, 3.05) is 0 Å². The largest absolute Gasteiger partial charge is 0.440 e. The van der Waals surface area contributed by atoms with Crippen molar-refractivity contribution in [3.63, 3.8) is 0 Å². The molecule has 5 heteroatoms. The van der Waals surface area contributed by atoms with Crippen LogP contribution in [0.25, 0.3) is 0 Å². The second-order valence-electron chi connectivity index (χ2n) is 1.21. The minimum absolute atomic E-state index is 1.32. The van der Waals surface area contributed by atoms with Crippen LogP contribution in [0.1, 0.15) is 0 Å². The Kier molecular flexibility index (Phi) is 2.75. The fourth-order valence-electron chi connectivity index (χ4n) is 0.288. The zero-order valence-electron chi connectivity index (χ0n) is 4.97. The van der Waals surface area contributed by atoms with Gasteiger partial charge in [-0.15, -0.1) is 5.10 Å². The zero-order valence-corrected chi connectivity index (χ0v) is 4.97. The van der Waals surface area contributed by atoms with Crippen LogP contribution in [-0.4, -0.2) is 15.4 Å². The smallest absolute Gasteiger partial charge is 0.191 e. The molecule has 10 heavy (non-hydrogen) atoms. The Hall–Kier alpha value is -1.65. The molecule has 0 aliphatic heterocycles. The first-order chi connectivity index (χ1) is 5.00. The summed E-state index contributed by atoms with van der Waals surface area (Å²) in [5.41, 5.74) is 0. The maximum atomic E-state index is 4.35. The fourth-order valence-corrected chi connectivity index (χ4v) is 0.288. The standard InChI is InChI=1S/C3H2NO.C2H2N2O/c1-2-5-3-4-1;1-2-5-4-3-1/h1,3H;1-2H. The summed E-state index contributed by atoms with van der Waals surface area (Å²) in [6.45, 7) is 0. The lowest BCUT2D eigenvalue weighted by molar-refractivity contribution is 0.393. The molecular weight excluding hydrogens is 134 g/mol. The van der Waals surface area contributed by atoms with Crippen molar-refractivity contribution >= 4 is 0 Å². The maximum absolute atomic E-state index is 4.35. The molecule has 0 saturated carbocycles. The number of hydrogen-bond acceptors (Lipinski definition) is 5. The number of aromatic nitrogens is 3. The normalized spacial score (nSPS) is 8.00. The predicted octanol–water partition coefficient (Wildman–Crippen LogP) is 0.544. The molecule has 0 N–H and O–H groups in total. The number of oxazole rings is 1. The molecule has 2 aromatic heterocycles. The van der Waals surface area contributed by atoms with Gasteiger partial charge in [0.05, 0.1) is 12.4 Å². The lowest BCUT2D eigenvalue weighted by Crippen LogP contribution is -1.53. The maximum Gasteiger partial charge on any atom is 0.191 e. The first-order valence-corrected chi connectivity index (χ1v) is 2.45. The molecule has 0 amide bonds. The molecule has 2 rings (SSSR count). The van der Waals surface area contributed by atoms with Gasteiger partial charge in [0.25, 0.3) is 0 Å². The highest BCUT2D eigenvalue weighted by molar-refractivity contribution is 4.53. The van der Waals surface area contributed by atoms with E-state index in [4.69, 9.17) is 0 Å². The van der Waals surface area contributed by atoms with E-state index in [0.29, 0.717) is 0 Å². The van der Waals surface area contributed by atoms with Crippen molar-refractivity contribution < 1.29 is 8.94 Å². The minimum Gasteiger partial charge on any atom is -0.440 e. The van der Waals surface area contributed by atoms with Crippen LogP contribution >= 0.6 is 0 Å². The van der Waals surface area contributed by atoms with Crippen LogP contribution in [0.2, 0.25) is 0 Å². The van der Waals surface area contributed by atoms with Crippen molar-refractivity contribution in [2.45, 2.75) is 0 Å². The lowest BCUT2D eigenvalue weighted by Gasteiger charge is -1.45. The molecule has 0 spiro atoms. The van der Waals surface area contributed by atoms with Crippen molar-refractivity contribution in [2.24, 2.45) is 0 Å². The first kappa shape index (κ1) is 6.47. The summed E-state index contributed by atoms with van der Waals surface area (Å²) in [7, 11) is 0. The van der Waals surface area contributed by atoms with Crippen LogP contribution in [-0.2, 0) is 0 Å². The van der Waals surface area contributed by atoms with Gasteiger partial charge in [-0.2, -0.15) is 0 Å². The van der Waals surface area contributed by atoms with Crippen molar-refractivity contribution in [3.05, 3.63) is 31.3 Å². The monoisotopic (exact) mass is 138 g/mol. The average Bonchev–Trinajstić information content (AvgIpc) is 2.67. The van der Waals surface area contributed by atoms with E-state index < -0.39 is 0 Å². The van der Waals surface area contributed by atoms with Gasteiger partial charge in [-0.1, -0.05) is 0 Å². The summed E-state index contributed by atoms with van der Waals surface area (Å²) in [5.74, 6) is 0. The molecule has 0 aliphatic carbocycles. The molecule has 0 aliphatic rings. The van der Waals surface area contributed by atoms with E-state index in [1.807, 2.05) is 0 Å². The highest BCUT2D eigenvalue weighted by Gasteiger charge is 1.62. The van der Waals surface area contributed by atoms with E-state index in [1.54, 1.807) is 0 Å². The summed E-state index contributed by atoms with van der Waals surface area (Å²) in [6, 6.07) is 0. The number of rotatable bonds is 0. The molecule has 1 radical (unpaired) electrons. The van der Waals surface area contributed by atoms with Crippen LogP contribution in [0.3, 0.4) is 0 Å². The first-order valence-electron chi connectivity index (χ1n) is 2.45. The Bertz CT molecular complexity index is 154. The van der Waals surface area contributed by atoms with Crippen LogP contribution in [0.5, 0.6) is 0 Å². The van der Waals surface area contributed by atoms with Gasteiger partial charge < -0.3 is 8.94 Å². The third-order valence-corrected chi connectivity index (χ3v) is 0.592. The van der Waals surface area contributed by atoms with Gasteiger partial charge in [0.15, 0.2) is 12.7 Å². The zero-order chi connectivity index (χ0) is 7.07. The van der Waals surface area contributed by atoms with Crippen LogP contribution in [0.15, 0.2) is 34.0 Å². The lowest BCUT2D eigenvalue weighted by atomic mass is 11.0. The van der Waals surface area contributed by atoms with Crippen molar-refractivity contribution in [3.8, 4) is 0 Å². The Morgan fingerprint density at radius 1 is 1.40 bits per heavy atom. The van der Waals surface area contributed by atoms with Gasteiger partial charge in [-0.05, 0) is 0 Å². The average molecular weight is 138 g/mol. The molecular formula is C5H4N3O2. The predicted molar refractivity (Wildman–Crippen MR) is 29.6 cm³/mol. The van der Waals surface area contributed by atoms with Gasteiger partial charge in [0, 0.05) is 5.27 Å². The molecule has 5 nitrogen and oxygen atoms in total. The van der Waals surface area contributed by atoms with E-state index in [-0.39, 0.29) is 0 Å². The molecule has 0 atom stereocenters. The van der Waals surface area contributed by atoms with Crippen molar-refractivity contribution in [1.82, 2.24) is 15.4 Å². The third-order valence-electron chi connectivity index (χ3n) is 0.592. The molecule has 0 bridgehead atoms. The summed E-state index contributed by atoms with van der Waals surface area (Å²) >= 11 is 0. The van der Waals surface area contributed by atoms with Gasteiger partial charge in [0.1, 0.15) is 6.26 Å². The Morgan fingerprint density at radius 3 is 2.60 bits per heavy atom. The SMILES string of the molecule is [c]1cnco1.c1conn1. The summed E-state index contributed by atoms with van der Waals surface area (Å²) < 4.78 is 8.57. The highest BCUT2D eigenvalue weighted by atomic mass is 16.5. The van der Waals surface area contributed by atoms with Gasteiger partial charge in [-0.25, -0.2) is 4.98 Å². The molecule has 0 saturated heterocycles. The van der Waals surface area contributed by atoms with Crippen LogP contribution < -0.4 is 0 Å². The minimum atomic E-state index is 1.32. The highest BCUT2D eigenvalue weighted by Crippen LogP contribution is 1.70. The molecule has 0 aromatic carbocycles. The number of nitrogens with zero attached hydrogens (tertiary/aromatic N) is 3. The second kappa shape index (κ2) is 4.25. The summed E-state index contributed by atoms with van der Waals surface area (Å²) in [5, 5.41) is 6.40. The Balaban J connectivity index is 0.0000001000. The van der Waals surface area contributed by atoms with E-state index >= 15 is 0 Å². The molecule has 2 heterocycles. The fraction of sp³-hybridized carbons (Fsp3) is 0. The molecule has 2 aromatic rings. The van der Waals surface area contributed by atoms with E-state index in [0.717, 1.165) is 0 Å². The number of hydrogen-bond donors (Lipinski definition) is 0. The second-order valence-corrected chi connectivity index (χ2v) is 1.21. The molecule has 51 valence electrons. The van der Waals surface area contributed by atoms with E-state index in [9.17, 15) is 0 Å². The quantitative estimate of drug-likeness (QED) is 0.531. The van der Waals surface area contributed by atoms with Crippen LogP contribution in [0, 0.1) is 6.26 Å². The molecule has 0 fully saturated rings. The van der Waals surface area contributed by atoms with E-state index in [2.05, 4.69) is 30.6 Å². The van der Waals surface area contributed by atoms with Gasteiger partial charge in [0.2, 0.25) is 0 Å². The Morgan fingerprint density at radius 2 is 2.40 bits per heavy atom. The van der Waals surface area contributed by atoms with E-state index in [1.165, 1.54) is 25.1 Å². The summed E-state index contributed by atoms with van der Waals surface area (Å²) in [4.78, 5) is 3.50. The summed E-state index contributed by atoms with van der Waals surface area (Å²) in [6.07, 6.45) is 8.03. The Labute approximate surface area is 56.7 Å². The van der Waals surface area contributed by atoms with Crippen LogP contribution in [0.4, 0.5) is 0 Å². The van der Waals surface area contributed by atoms with Gasteiger partial charge in [-0.3, -0.25) is 0 Å². The van der Waals surface area contributed by atoms with Crippen molar-refractivity contribution in [1.29, 1.82) is 0 Å². The topological polar surface area (TPSA) is 65.0 Å². The van der Waals surface area contributed by atoms with Gasteiger partial charge >= 0.3 is 0 Å². The third kappa shape index (κ3) is 2.61.